The van der Waals surface area contributed by atoms with Crippen molar-refractivity contribution in [3.63, 3.8) is 0 Å². The molecule has 0 unspecified atom stereocenters. The third kappa shape index (κ3) is 5.61. The van der Waals surface area contributed by atoms with Crippen molar-refractivity contribution in [1.82, 2.24) is 0 Å². The highest BCUT2D eigenvalue weighted by Crippen LogP contribution is 2.24. The maximum Gasteiger partial charge on any atom is 0.311 e. The van der Waals surface area contributed by atoms with E-state index in [-0.39, 0.29) is 11.4 Å². The Hall–Kier alpha value is -2.76. The molecule has 0 bridgehead atoms. The first-order chi connectivity index (χ1) is 12.5. The summed E-state index contributed by atoms with van der Waals surface area (Å²) in [6.07, 6.45) is 0. The number of carbonyl (C=O) groups is 2. The average molecular weight is 412 g/mol. The minimum atomic E-state index is -4.69. The van der Waals surface area contributed by atoms with Gasteiger partial charge in [-0.1, -0.05) is 12.1 Å². The molecular weight excluding hydrogens is 396 g/mol. The molecule has 0 aliphatic heterocycles. The summed E-state index contributed by atoms with van der Waals surface area (Å²) in [6.45, 7) is 2.48. The van der Waals surface area contributed by atoms with E-state index in [4.69, 9.17) is 0 Å². The Labute approximate surface area is 156 Å². The first kappa shape index (κ1) is 20.6. The predicted octanol–water partition coefficient (Wildman–Crippen LogP) is 1.70. The zero-order chi connectivity index (χ0) is 20.2. The second-order valence-electron chi connectivity index (χ2n) is 5.39. The van der Waals surface area contributed by atoms with Crippen LogP contribution in [0.25, 0.3) is 0 Å². The molecule has 0 heterocycles. The Balaban J connectivity index is 2.34. The van der Waals surface area contributed by atoms with Gasteiger partial charge < -0.3 is 10.6 Å². The fraction of sp³-hybridized carbons (Fsp3) is 0.125. The lowest BCUT2D eigenvalue weighted by atomic mass is 10.3. The number of carbonyl (C=O) groups excluding carboxylic acids is 2. The van der Waals surface area contributed by atoms with Gasteiger partial charge in [-0.15, -0.1) is 3.63 Å². The quantitative estimate of drug-likeness (QED) is 0.737. The first-order valence-electron chi connectivity index (χ1n) is 7.46. The van der Waals surface area contributed by atoms with Crippen LogP contribution in [0.5, 0.6) is 0 Å². The Kier molecular flexibility index (Phi) is 5.98. The monoisotopic (exact) mass is 412 g/mol. The van der Waals surface area contributed by atoms with Crippen LogP contribution in [0.4, 0.5) is 11.4 Å². The minimum absolute atomic E-state index is 0.164. The van der Waals surface area contributed by atoms with Gasteiger partial charge in [0.25, 0.3) is 0 Å². The molecule has 27 heavy (non-hydrogen) atoms. The van der Waals surface area contributed by atoms with Crippen LogP contribution in [0.1, 0.15) is 13.8 Å². The molecule has 0 spiro atoms. The highest BCUT2D eigenvalue weighted by Gasteiger charge is 2.27. The summed E-state index contributed by atoms with van der Waals surface area (Å²) in [5, 5.41) is 4.78. The second-order valence-corrected chi connectivity index (χ2v) is 8.70. The van der Waals surface area contributed by atoms with Crippen molar-refractivity contribution >= 4 is 43.4 Å². The van der Waals surface area contributed by atoms with E-state index in [9.17, 15) is 26.4 Å². The van der Waals surface area contributed by atoms with Crippen LogP contribution in [0.3, 0.4) is 0 Å². The van der Waals surface area contributed by atoms with Crippen molar-refractivity contribution in [1.29, 1.82) is 0 Å². The molecule has 2 aromatic carbocycles. The fourth-order valence-electron chi connectivity index (χ4n) is 2.06. The van der Waals surface area contributed by atoms with E-state index in [0.29, 0.717) is 0 Å². The minimum Gasteiger partial charge on any atom is -0.326 e. The summed E-state index contributed by atoms with van der Waals surface area (Å²) in [6, 6.07) is 9.92. The van der Waals surface area contributed by atoms with Crippen molar-refractivity contribution in [2.45, 2.75) is 23.6 Å². The fourth-order valence-corrected chi connectivity index (χ4v) is 4.67. The molecule has 0 saturated heterocycles. The first-order valence-corrected chi connectivity index (χ1v) is 10.3. The number of nitrogens with one attached hydrogen (secondary N) is 2. The third-order valence-electron chi connectivity index (χ3n) is 3.07. The Bertz CT molecular complexity index is 1010. The van der Waals surface area contributed by atoms with Crippen LogP contribution >= 0.6 is 0 Å². The molecule has 0 aliphatic rings. The number of anilines is 2. The van der Waals surface area contributed by atoms with Gasteiger partial charge in [0.1, 0.15) is 0 Å². The number of rotatable bonds is 6. The van der Waals surface area contributed by atoms with Crippen LogP contribution in [0, 0.1) is 0 Å². The van der Waals surface area contributed by atoms with Crippen LogP contribution < -0.4 is 10.6 Å². The summed E-state index contributed by atoms with van der Waals surface area (Å²) in [7, 11) is -9.37. The van der Waals surface area contributed by atoms with Crippen molar-refractivity contribution in [2.75, 3.05) is 10.6 Å². The van der Waals surface area contributed by atoms with Crippen molar-refractivity contribution < 1.29 is 30.1 Å². The second kappa shape index (κ2) is 7.86. The molecule has 0 saturated carbocycles. The van der Waals surface area contributed by atoms with Gasteiger partial charge in [0.2, 0.25) is 11.8 Å². The van der Waals surface area contributed by atoms with Crippen LogP contribution in [0.2, 0.25) is 0 Å². The van der Waals surface area contributed by atoms with Crippen LogP contribution in [-0.2, 0) is 33.5 Å². The molecular formula is C16H16N2O7S2. The molecule has 0 radical (unpaired) electrons. The van der Waals surface area contributed by atoms with Gasteiger partial charge in [-0.3, -0.25) is 9.59 Å². The maximum absolute atomic E-state index is 12.3. The lowest BCUT2D eigenvalue weighted by Gasteiger charge is -2.09. The topological polar surface area (TPSA) is 136 Å². The molecule has 0 atom stereocenters. The van der Waals surface area contributed by atoms with Crippen LogP contribution in [0.15, 0.2) is 58.3 Å². The number of hydrogen-bond donors (Lipinski definition) is 2. The highest BCUT2D eigenvalue weighted by molar-refractivity contribution is 7.99. The van der Waals surface area contributed by atoms with E-state index in [0.717, 1.165) is 24.3 Å². The largest absolute Gasteiger partial charge is 0.326 e. The van der Waals surface area contributed by atoms with Gasteiger partial charge >= 0.3 is 20.2 Å². The summed E-state index contributed by atoms with van der Waals surface area (Å²) in [5.41, 5.74) is 0.328. The van der Waals surface area contributed by atoms with Gasteiger partial charge in [0.15, 0.2) is 0 Å². The van der Waals surface area contributed by atoms with Crippen molar-refractivity contribution in [3.8, 4) is 0 Å². The molecule has 9 nitrogen and oxygen atoms in total. The Morgan fingerprint density at radius 2 is 1.11 bits per heavy atom. The average Bonchev–Trinajstić information content (AvgIpc) is 2.53. The molecule has 2 rings (SSSR count). The van der Waals surface area contributed by atoms with E-state index >= 15 is 0 Å². The Morgan fingerprint density at radius 1 is 0.741 bits per heavy atom. The maximum atomic E-state index is 12.3. The lowest BCUT2D eigenvalue weighted by molar-refractivity contribution is -0.115. The number of amides is 2. The Morgan fingerprint density at radius 3 is 1.44 bits per heavy atom. The van der Waals surface area contributed by atoms with Gasteiger partial charge in [-0.05, 0) is 36.4 Å². The molecule has 144 valence electrons. The standard InChI is InChI=1S/C16H16N2O7S2/c1-11(19)17-13-5-3-7-15(9-13)26(21,22)25-27(23,24)16-8-4-6-14(10-16)18-12(2)20/h3-10H,1-2H3,(H,17,19)(H,18,20). The van der Waals surface area contributed by atoms with Crippen LogP contribution in [-0.4, -0.2) is 28.6 Å². The summed E-state index contributed by atoms with van der Waals surface area (Å²) in [4.78, 5) is 21.3. The van der Waals surface area contributed by atoms with Gasteiger partial charge in [-0.2, -0.15) is 16.8 Å². The van der Waals surface area contributed by atoms with E-state index in [2.05, 4.69) is 14.3 Å². The summed E-state index contributed by atoms with van der Waals surface area (Å²) >= 11 is 0. The van der Waals surface area contributed by atoms with E-state index in [1.165, 1.54) is 38.1 Å². The molecule has 0 aliphatic carbocycles. The molecule has 2 aromatic rings. The smallest absolute Gasteiger partial charge is 0.311 e. The SMILES string of the molecule is CC(=O)Nc1cccc(S(=O)(=O)OS(=O)(=O)c2cccc(NC(C)=O)c2)c1. The van der Waals surface area contributed by atoms with Gasteiger partial charge in [-0.25, -0.2) is 0 Å². The zero-order valence-corrected chi connectivity index (χ0v) is 15.9. The summed E-state index contributed by atoms with van der Waals surface area (Å²) in [5.74, 6) is -0.847. The predicted molar refractivity (Wildman–Crippen MR) is 96.9 cm³/mol. The van der Waals surface area contributed by atoms with E-state index in [1.807, 2.05) is 0 Å². The summed E-state index contributed by atoms with van der Waals surface area (Å²) < 4.78 is 53.8. The van der Waals surface area contributed by atoms with Crippen molar-refractivity contribution in [3.05, 3.63) is 48.5 Å². The van der Waals surface area contributed by atoms with Crippen molar-refractivity contribution in [2.24, 2.45) is 0 Å². The molecule has 0 aromatic heterocycles. The molecule has 11 heteroatoms. The normalized spacial score (nSPS) is 11.6. The zero-order valence-electron chi connectivity index (χ0n) is 14.3. The molecule has 2 amide bonds. The molecule has 0 fully saturated rings. The molecule has 2 N–H and O–H groups in total. The lowest BCUT2D eigenvalue weighted by Crippen LogP contribution is -2.15. The highest BCUT2D eigenvalue weighted by atomic mass is 32.3. The van der Waals surface area contributed by atoms with E-state index in [1.54, 1.807) is 0 Å². The van der Waals surface area contributed by atoms with E-state index < -0.39 is 41.8 Å². The third-order valence-corrected chi connectivity index (χ3v) is 6.16. The van der Waals surface area contributed by atoms with Gasteiger partial charge in [0, 0.05) is 25.2 Å². The van der Waals surface area contributed by atoms with Gasteiger partial charge in [0.05, 0.1) is 9.79 Å². The number of hydrogen-bond acceptors (Lipinski definition) is 7. The number of benzene rings is 2.